The van der Waals surface area contributed by atoms with Gasteiger partial charge >= 0.3 is 0 Å². The van der Waals surface area contributed by atoms with E-state index in [1.54, 1.807) is 12.1 Å². The molecule has 30 heavy (non-hydrogen) atoms. The monoisotopic (exact) mass is 410 g/mol. The number of pyridine rings is 1. The van der Waals surface area contributed by atoms with Crippen molar-refractivity contribution in [2.24, 2.45) is 0 Å². The molecule has 4 nitrogen and oxygen atoms in total. The SMILES string of the molecule is Fc1ccc2c(c1)[C@@H](NCC[C@@]1(c3ccccn3)CCOC3(CCCC3)C1)CCO2. The van der Waals surface area contributed by atoms with Crippen LogP contribution in [0.4, 0.5) is 4.39 Å². The number of fused-ring (bicyclic) bond motifs is 1. The first kappa shape index (κ1) is 20.0. The second-order valence-corrected chi connectivity index (χ2v) is 9.24. The van der Waals surface area contributed by atoms with Crippen molar-refractivity contribution < 1.29 is 13.9 Å². The quantitative estimate of drug-likeness (QED) is 0.746. The standard InChI is InChI=1S/C25H31FN2O2/c26-19-6-7-22-20(17-19)21(8-15-29-22)27-14-11-24(23-5-1-4-13-28-23)12-16-30-25(18-24)9-2-3-10-25/h1,4-7,13,17,21,27H,2-3,8-12,14-16,18H2/t21-,24+/m0/s1. The van der Waals surface area contributed by atoms with Gasteiger partial charge in [-0.05, 0) is 69.0 Å². The van der Waals surface area contributed by atoms with Gasteiger partial charge in [-0.15, -0.1) is 0 Å². The van der Waals surface area contributed by atoms with Crippen LogP contribution >= 0.6 is 0 Å². The number of aromatic nitrogens is 1. The number of nitrogens with zero attached hydrogens (tertiary/aromatic N) is 1. The summed E-state index contributed by atoms with van der Waals surface area (Å²) < 4.78 is 25.9. The lowest BCUT2D eigenvalue weighted by molar-refractivity contribution is -0.104. The predicted molar refractivity (Wildman–Crippen MR) is 114 cm³/mol. The van der Waals surface area contributed by atoms with Gasteiger partial charge < -0.3 is 14.8 Å². The molecule has 2 fully saturated rings. The predicted octanol–water partition coefficient (Wildman–Crippen LogP) is 5.09. The van der Waals surface area contributed by atoms with Crippen LogP contribution in [0.3, 0.4) is 0 Å². The fourth-order valence-corrected chi connectivity index (χ4v) is 5.86. The lowest BCUT2D eigenvalue weighted by Gasteiger charge is -2.46. The van der Waals surface area contributed by atoms with Gasteiger partial charge in [0.1, 0.15) is 11.6 Å². The van der Waals surface area contributed by atoms with Crippen molar-refractivity contribution in [3.63, 3.8) is 0 Å². The Bertz CT molecular complexity index is 869. The van der Waals surface area contributed by atoms with E-state index in [0.717, 1.165) is 50.1 Å². The van der Waals surface area contributed by atoms with Gasteiger partial charge in [0.15, 0.2) is 0 Å². The van der Waals surface area contributed by atoms with Gasteiger partial charge in [-0.1, -0.05) is 18.9 Å². The summed E-state index contributed by atoms with van der Waals surface area (Å²) in [6.45, 7) is 2.34. The Morgan fingerprint density at radius 3 is 2.83 bits per heavy atom. The van der Waals surface area contributed by atoms with Gasteiger partial charge in [0.2, 0.25) is 0 Å². The molecule has 0 radical (unpaired) electrons. The van der Waals surface area contributed by atoms with E-state index in [1.165, 1.54) is 37.4 Å². The molecule has 1 saturated heterocycles. The van der Waals surface area contributed by atoms with Crippen molar-refractivity contribution >= 4 is 0 Å². The molecule has 160 valence electrons. The summed E-state index contributed by atoms with van der Waals surface area (Å²) in [6, 6.07) is 11.2. The highest BCUT2D eigenvalue weighted by Gasteiger charge is 2.48. The van der Waals surface area contributed by atoms with Gasteiger partial charge in [-0.2, -0.15) is 0 Å². The molecule has 0 bridgehead atoms. The highest BCUT2D eigenvalue weighted by atomic mass is 19.1. The molecule has 0 amide bonds. The Morgan fingerprint density at radius 2 is 2.00 bits per heavy atom. The molecule has 1 spiro atoms. The zero-order valence-corrected chi connectivity index (χ0v) is 17.5. The summed E-state index contributed by atoms with van der Waals surface area (Å²) in [5.41, 5.74) is 2.20. The molecule has 1 saturated carbocycles. The van der Waals surface area contributed by atoms with Crippen LogP contribution in [-0.2, 0) is 10.2 Å². The Morgan fingerprint density at radius 1 is 1.10 bits per heavy atom. The second-order valence-electron chi connectivity index (χ2n) is 9.24. The molecule has 2 aliphatic heterocycles. The second kappa shape index (κ2) is 8.27. The Hall–Kier alpha value is -1.98. The average Bonchev–Trinajstić information content (AvgIpc) is 3.22. The normalized spacial score (nSPS) is 27.6. The van der Waals surface area contributed by atoms with E-state index in [4.69, 9.17) is 14.5 Å². The lowest BCUT2D eigenvalue weighted by Crippen LogP contribution is -2.47. The summed E-state index contributed by atoms with van der Waals surface area (Å²) in [5.74, 6) is 0.596. The van der Waals surface area contributed by atoms with Crippen LogP contribution in [0.1, 0.15) is 68.7 Å². The van der Waals surface area contributed by atoms with E-state index in [9.17, 15) is 4.39 Å². The van der Waals surface area contributed by atoms with E-state index < -0.39 is 0 Å². The summed E-state index contributed by atoms with van der Waals surface area (Å²) in [7, 11) is 0. The van der Waals surface area contributed by atoms with Gasteiger partial charge in [0, 0.05) is 41.9 Å². The maximum absolute atomic E-state index is 13.8. The number of hydrogen-bond donors (Lipinski definition) is 1. The minimum Gasteiger partial charge on any atom is -0.493 e. The minimum absolute atomic E-state index is 0.0319. The number of halogens is 1. The van der Waals surface area contributed by atoms with E-state index in [-0.39, 0.29) is 22.9 Å². The molecule has 1 aliphatic carbocycles. The summed E-state index contributed by atoms with van der Waals surface area (Å²) in [4.78, 5) is 4.79. The molecule has 3 heterocycles. The lowest BCUT2D eigenvalue weighted by atomic mass is 9.68. The molecule has 1 aromatic heterocycles. The number of benzene rings is 1. The van der Waals surface area contributed by atoms with Crippen molar-refractivity contribution in [1.82, 2.24) is 10.3 Å². The van der Waals surface area contributed by atoms with Crippen LogP contribution < -0.4 is 10.1 Å². The van der Waals surface area contributed by atoms with E-state index in [1.807, 2.05) is 12.3 Å². The maximum Gasteiger partial charge on any atom is 0.124 e. The van der Waals surface area contributed by atoms with Gasteiger partial charge in [-0.25, -0.2) is 4.39 Å². The van der Waals surface area contributed by atoms with Crippen LogP contribution in [-0.4, -0.2) is 30.3 Å². The highest BCUT2D eigenvalue weighted by molar-refractivity contribution is 5.38. The number of hydrogen-bond acceptors (Lipinski definition) is 4. The molecule has 3 aliphatic rings. The first-order chi connectivity index (χ1) is 14.7. The first-order valence-corrected chi connectivity index (χ1v) is 11.4. The minimum atomic E-state index is -0.205. The van der Waals surface area contributed by atoms with Crippen molar-refractivity contribution in [2.75, 3.05) is 19.8 Å². The van der Waals surface area contributed by atoms with E-state index in [2.05, 4.69) is 17.4 Å². The fourth-order valence-electron chi connectivity index (χ4n) is 5.86. The molecule has 5 rings (SSSR count). The molecule has 1 aromatic carbocycles. The summed E-state index contributed by atoms with van der Waals surface area (Å²) >= 11 is 0. The number of nitrogens with one attached hydrogen (secondary N) is 1. The molecule has 0 unspecified atom stereocenters. The van der Waals surface area contributed by atoms with Gasteiger partial charge in [-0.3, -0.25) is 4.98 Å². The van der Waals surface area contributed by atoms with Crippen molar-refractivity contribution in [2.45, 2.75) is 68.4 Å². The number of rotatable bonds is 5. The van der Waals surface area contributed by atoms with E-state index >= 15 is 0 Å². The van der Waals surface area contributed by atoms with Crippen molar-refractivity contribution in [1.29, 1.82) is 0 Å². The molecule has 2 aromatic rings. The maximum atomic E-state index is 13.8. The molecule has 1 N–H and O–H groups in total. The van der Waals surface area contributed by atoms with Crippen LogP contribution in [0.2, 0.25) is 0 Å². The smallest absolute Gasteiger partial charge is 0.124 e. The van der Waals surface area contributed by atoms with Gasteiger partial charge in [0.25, 0.3) is 0 Å². The van der Waals surface area contributed by atoms with Crippen LogP contribution in [0, 0.1) is 5.82 Å². The van der Waals surface area contributed by atoms with Crippen molar-refractivity contribution in [3.05, 3.63) is 59.7 Å². The Balaban J connectivity index is 1.34. The molecule has 5 heteroatoms. The number of ether oxygens (including phenoxy) is 2. The Kier molecular flexibility index (Phi) is 5.50. The average molecular weight is 411 g/mol. The first-order valence-electron chi connectivity index (χ1n) is 11.4. The summed E-state index contributed by atoms with van der Waals surface area (Å²) in [6.07, 6.45) is 10.7. The molecular weight excluding hydrogens is 379 g/mol. The topological polar surface area (TPSA) is 43.4 Å². The van der Waals surface area contributed by atoms with E-state index in [0.29, 0.717) is 6.61 Å². The molecular formula is C25H31FN2O2. The zero-order chi connectivity index (χ0) is 20.4. The summed E-state index contributed by atoms with van der Waals surface area (Å²) in [5, 5.41) is 3.71. The third kappa shape index (κ3) is 3.85. The third-order valence-electron chi connectivity index (χ3n) is 7.38. The zero-order valence-electron chi connectivity index (χ0n) is 17.5. The molecule has 2 atom stereocenters. The third-order valence-corrected chi connectivity index (χ3v) is 7.38. The highest BCUT2D eigenvalue weighted by Crippen LogP contribution is 2.49. The Labute approximate surface area is 178 Å². The van der Waals surface area contributed by atoms with Crippen LogP contribution in [0.15, 0.2) is 42.6 Å². The fraction of sp³-hybridized carbons (Fsp3) is 0.560. The van der Waals surface area contributed by atoms with Gasteiger partial charge in [0.05, 0.1) is 12.2 Å². The van der Waals surface area contributed by atoms with Crippen molar-refractivity contribution in [3.8, 4) is 5.75 Å². The van der Waals surface area contributed by atoms with Crippen LogP contribution in [0.25, 0.3) is 0 Å². The van der Waals surface area contributed by atoms with Crippen LogP contribution in [0.5, 0.6) is 5.75 Å². The largest absolute Gasteiger partial charge is 0.493 e.